The van der Waals surface area contributed by atoms with E-state index in [-0.39, 0.29) is 5.41 Å². The minimum Gasteiger partial charge on any atom is -0.443 e. The largest absolute Gasteiger partial charge is 0.443 e. The molecule has 0 aliphatic carbocycles. The number of aliphatic imine (C=N–C) groups is 1. The van der Waals surface area contributed by atoms with Crippen LogP contribution < -0.4 is 10.6 Å². The molecule has 1 fully saturated rings. The Kier molecular flexibility index (Phi) is 7.75. The highest BCUT2D eigenvalue weighted by atomic mass is 16.4. The fourth-order valence-electron chi connectivity index (χ4n) is 2.89. The fraction of sp³-hybridized carbons (Fsp3) is 0.789. The Morgan fingerprint density at radius 1 is 1.24 bits per heavy atom. The minimum absolute atomic E-state index is 0.0208. The van der Waals surface area contributed by atoms with E-state index in [4.69, 9.17) is 4.42 Å². The normalized spacial score (nSPS) is 16.4. The van der Waals surface area contributed by atoms with Gasteiger partial charge in [0.1, 0.15) is 12.3 Å². The van der Waals surface area contributed by atoms with Crippen LogP contribution in [0.3, 0.4) is 0 Å². The molecule has 0 bridgehead atoms. The first-order chi connectivity index (χ1) is 12.0. The molecule has 1 aliphatic rings. The molecular weight excluding hydrogens is 314 g/mol. The third-order valence-electron chi connectivity index (χ3n) is 4.40. The molecule has 0 spiro atoms. The van der Waals surface area contributed by atoms with Gasteiger partial charge in [0.2, 0.25) is 5.89 Å². The van der Waals surface area contributed by atoms with E-state index in [1.54, 1.807) is 0 Å². The van der Waals surface area contributed by atoms with E-state index in [1.165, 1.54) is 38.9 Å². The Bertz CT molecular complexity index is 526. The van der Waals surface area contributed by atoms with Gasteiger partial charge >= 0.3 is 0 Å². The molecule has 0 atom stereocenters. The van der Waals surface area contributed by atoms with Crippen LogP contribution in [-0.4, -0.2) is 48.6 Å². The number of hydrogen-bond donors (Lipinski definition) is 2. The highest BCUT2D eigenvalue weighted by Crippen LogP contribution is 2.22. The van der Waals surface area contributed by atoms with Crippen LogP contribution >= 0.6 is 0 Å². The Hall–Kier alpha value is -1.56. The number of nitrogens with one attached hydrogen (secondary N) is 2. The smallest absolute Gasteiger partial charge is 0.216 e. The van der Waals surface area contributed by atoms with Crippen LogP contribution in [0.1, 0.15) is 65.0 Å². The van der Waals surface area contributed by atoms with Crippen LogP contribution in [0.15, 0.2) is 15.6 Å². The summed E-state index contributed by atoms with van der Waals surface area (Å²) < 4.78 is 5.80. The summed E-state index contributed by atoms with van der Waals surface area (Å²) in [5.74, 6) is 2.40. The summed E-state index contributed by atoms with van der Waals surface area (Å²) in [5.41, 5.74) is -0.0208. The third kappa shape index (κ3) is 7.06. The number of guanidine groups is 1. The van der Waals surface area contributed by atoms with Gasteiger partial charge in [-0.25, -0.2) is 9.98 Å². The number of hydrogen-bond acceptors (Lipinski definition) is 4. The third-order valence-corrected chi connectivity index (χ3v) is 4.40. The lowest BCUT2D eigenvalue weighted by Gasteiger charge is -2.15. The SMILES string of the molecule is CCNC(=NCc1ncc(C(C)(C)C)o1)NCCCCN1CCCC1. The molecule has 2 rings (SSSR count). The summed E-state index contributed by atoms with van der Waals surface area (Å²) in [5, 5.41) is 6.69. The quantitative estimate of drug-likeness (QED) is 0.429. The van der Waals surface area contributed by atoms with E-state index in [2.05, 4.69) is 53.2 Å². The highest BCUT2D eigenvalue weighted by molar-refractivity contribution is 5.79. The molecule has 2 heterocycles. The summed E-state index contributed by atoms with van der Waals surface area (Å²) in [6.45, 7) is 14.5. The first-order valence-corrected chi connectivity index (χ1v) is 9.69. The number of likely N-dealkylation sites (tertiary alicyclic amines) is 1. The summed E-state index contributed by atoms with van der Waals surface area (Å²) in [4.78, 5) is 11.5. The average molecular weight is 350 g/mol. The van der Waals surface area contributed by atoms with Gasteiger partial charge in [-0.1, -0.05) is 20.8 Å². The fourth-order valence-corrected chi connectivity index (χ4v) is 2.89. The molecule has 0 amide bonds. The molecule has 6 heteroatoms. The molecule has 1 aliphatic heterocycles. The first-order valence-electron chi connectivity index (χ1n) is 9.69. The van der Waals surface area contributed by atoms with Crippen molar-refractivity contribution in [3.05, 3.63) is 17.8 Å². The minimum atomic E-state index is -0.0208. The number of aromatic nitrogens is 1. The van der Waals surface area contributed by atoms with Crippen LogP contribution in [0, 0.1) is 0 Å². The Morgan fingerprint density at radius 3 is 2.64 bits per heavy atom. The second-order valence-electron chi connectivity index (χ2n) is 7.75. The molecule has 1 saturated heterocycles. The summed E-state index contributed by atoms with van der Waals surface area (Å²) >= 11 is 0. The standard InChI is InChI=1S/C19H35N5O/c1-5-20-18(21-10-6-7-11-24-12-8-9-13-24)23-15-17-22-14-16(25-17)19(2,3)4/h14H,5-13,15H2,1-4H3,(H2,20,21,23). The predicted octanol–water partition coefficient (Wildman–Crippen LogP) is 2.90. The molecule has 1 aromatic heterocycles. The van der Waals surface area contributed by atoms with Crippen molar-refractivity contribution >= 4 is 5.96 Å². The number of unbranched alkanes of at least 4 members (excludes halogenated alkanes) is 1. The van der Waals surface area contributed by atoms with Gasteiger partial charge in [0.25, 0.3) is 0 Å². The Morgan fingerprint density at radius 2 is 2.00 bits per heavy atom. The van der Waals surface area contributed by atoms with Crippen LogP contribution in [0.2, 0.25) is 0 Å². The van der Waals surface area contributed by atoms with Gasteiger partial charge in [0.05, 0.1) is 6.20 Å². The van der Waals surface area contributed by atoms with Crippen LogP contribution in [-0.2, 0) is 12.0 Å². The average Bonchev–Trinajstić information content (AvgIpc) is 3.23. The summed E-state index contributed by atoms with van der Waals surface area (Å²) in [6, 6.07) is 0. The monoisotopic (exact) mass is 349 g/mol. The van der Waals surface area contributed by atoms with Gasteiger partial charge < -0.3 is 20.0 Å². The van der Waals surface area contributed by atoms with E-state index in [1.807, 2.05) is 6.20 Å². The van der Waals surface area contributed by atoms with Gasteiger partial charge in [-0.05, 0) is 52.2 Å². The van der Waals surface area contributed by atoms with Gasteiger partial charge in [0.15, 0.2) is 5.96 Å². The lowest BCUT2D eigenvalue weighted by Crippen LogP contribution is -2.38. The second-order valence-corrected chi connectivity index (χ2v) is 7.75. The molecule has 0 saturated carbocycles. The van der Waals surface area contributed by atoms with Gasteiger partial charge in [-0.3, -0.25) is 0 Å². The molecule has 6 nitrogen and oxygen atoms in total. The molecule has 0 radical (unpaired) electrons. The van der Waals surface area contributed by atoms with E-state index in [0.29, 0.717) is 12.4 Å². The maximum atomic E-state index is 5.80. The van der Waals surface area contributed by atoms with Crippen molar-refractivity contribution in [2.24, 2.45) is 4.99 Å². The molecule has 25 heavy (non-hydrogen) atoms. The van der Waals surface area contributed by atoms with Gasteiger partial charge in [0, 0.05) is 18.5 Å². The number of oxazole rings is 1. The molecule has 142 valence electrons. The van der Waals surface area contributed by atoms with Crippen molar-refractivity contribution < 1.29 is 4.42 Å². The molecular formula is C19H35N5O. The Balaban J connectivity index is 1.72. The number of nitrogens with zero attached hydrogens (tertiary/aromatic N) is 3. The second kappa shape index (κ2) is 9.80. The van der Waals surface area contributed by atoms with Crippen molar-refractivity contribution in [3.8, 4) is 0 Å². The van der Waals surface area contributed by atoms with Crippen molar-refractivity contribution in [1.29, 1.82) is 0 Å². The lowest BCUT2D eigenvalue weighted by molar-refractivity contribution is 0.330. The molecule has 0 aromatic carbocycles. The summed E-state index contributed by atoms with van der Waals surface area (Å²) in [6.07, 6.45) is 6.94. The van der Waals surface area contributed by atoms with Crippen molar-refractivity contribution in [1.82, 2.24) is 20.5 Å². The van der Waals surface area contributed by atoms with E-state index < -0.39 is 0 Å². The number of rotatable bonds is 8. The zero-order valence-corrected chi connectivity index (χ0v) is 16.4. The first kappa shape index (κ1) is 19.8. The zero-order valence-electron chi connectivity index (χ0n) is 16.4. The predicted molar refractivity (Wildman–Crippen MR) is 103 cm³/mol. The van der Waals surface area contributed by atoms with Crippen molar-refractivity contribution in [2.45, 2.75) is 65.3 Å². The van der Waals surface area contributed by atoms with Crippen molar-refractivity contribution in [2.75, 3.05) is 32.7 Å². The van der Waals surface area contributed by atoms with Crippen LogP contribution in [0.25, 0.3) is 0 Å². The van der Waals surface area contributed by atoms with Crippen molar-refractivity contribution in [3.63, 3.8) is 0 Å². The maximum absolute atomic E-state index is 5.80. The van der Waals surface area contributed by atoms with Crippen LogP contribution in [0.4, 0.5) is 0 Å². The summed E-state index contributed by atoms with van der Waals surface area (Å²) in [7, 11) is 0. The Labute approximate surface area is 152 Å². The molecule has 0 unspecified atom stereocenters. The van der Waals surface area contributed by atoms with E-state index >= 15 is 0 Å². The maximum Gasteiger partial charge on any atom is 0.216 e. The van der Waals surface area contributed by atoms with Gasteiger partial charge in [-0.2, -0.15) is 0 Å². The zero-order chi connectivity index (χ0) is 18.1. The highest BCUT2D eigenvalue weighted by Gasteiger charge is 2.19. The van der Waals surface area contributed by atoms with Gasteiger partial charge in [-0.15, -0.1) is 0 Å². The van der Waals surface area contributed by atoms with E-state index in [0.717, 1.165) is 31.2 Å². The van der Waals surface area contributed by atoms with Crippen LogP contribution in [0.5, 0.6) is 0 Å². The molecule has 2 N–H and O–H groups in total. The topological polar surface area (TPSA) is 65.7 Å². The lowest BCUT2D eigenvalue weighted by atomic mass is 9.94. The van der Waals surface area contributed by atoms with E-state index in [9.17, 15) is 0 Å². The molecule has 1 aromatic rings.